The van der Waals surface area contributed by atoms with Gasteiger partial charge in [0.15, 0.2) is 0 Å². The number of nitrogens with one attached hydrogen (secondary N) is 1. The standard InChI is InChI=1S/C19H18Cl2N2O/c1-2-18(13-6-4-3-5-7-13)22-11-15-12-24-19(23-15)16-9-8-14(20)10-17(16)21/h3-10,12,18,22H,2,11H2,1H3. The monoisotopic (exact) mass is 360 g/mol. The van der Waals surface area contributed by atoms with Gasteiger partial charge in [-0.15, -0.1) is 0 Å². The average Bonchev–Trinajstić information content (AvgIpc) is 3.05. The molecule has 0 fully saturated rings. The number of halogens is 2. The summed E-state index contributed by atoms with van der Waals surface area (Å²) in [5, 5.41) is 4.63. The van der Waals surface area contributed by atoms with Gasteiger partial charge in [-0.3, -0.25) is 0 Å². The molecule has 0 amide bonds. The van der Waals surface area contributed by atoms with Crippen LogP contribution in [0.3, 0.4) is 0 Å². The van der Waals surface area contributed by atoms with E-state index in [2.05, 4.69) is 41.5 Å². The van der Waals surface area contributed by atoms with Gasteiger partial charge in [-0.1, -0.05) is 60.5 Å². The molecule has 0 aliphatic heterocycles. The van der Waals surface area contributed by atoms with Crippen molar-refractivity contribution in [3.05, 3.63) is 76.1 Å². The topological polar surface area (TPSA) is 38.1 Å². The zero-order valence-corrected chi connectivity index (χ0v) is 14.8. The van der Waals surface area contributed by atoms with Crippen molar-refractivity contribution in [3.8, 4) is 11.5 Å². The molecule has 0 radical (unpaired) electrons. The van der Waals surface area contributed by atoms with Gasteiger partial charge >= 0.3 is 0 Å². The van der Waals surface area contributed by atoms with Crippen LogP contribution in [0, 0.1) is 0 Å². The fourth-order valence-electron chi connectivity index (χ4n) is 2.59. The fraction of sp³-hybridized carbons (Fsp3) is 0.211. The van der Waals surface area contributed by atoms with Gasteiger partial charge in [0.25, 0.3) is 0 Å². The minimum Gasteiger partial charge on any atom is -0.444 e. The molecule has 1 atom stereocenters. The molecule has 0 saturated heterocycles. The van der Waals surface area contributed by atoms with Crippen LogP contribution in [0.15, 0.2) is 59.2 Å². The Labute approximate surface area is 151 Å². The molecule has 0 aliphatic rings. The fourth-order valence-corrected chi connectivity index (χ4v) is 3.08. The van der Waals surface area contributed by atoms with E-state index in [1.165, 1.54) is 5.56 Å². The first-order valence-electron chi connectivity index (χ1n) is 7.85. The van der Waals surface area contributed by atoms with E-state index in [1.54, 1.807) is 18.4 Å². The summed E-state index contributed by atoms with van der Waals surface area (Å²) in [7, 11) is 0. The third-order valence-corrected chi connectivity index (χ3v) is 4.40. The molecule has 3 nitrogen and oxygen atoms in total. The van der Waals surface area contributed by atoms with Gasteiger partial charge in [-0.05, 0) is 30.2 Å². The van der Waals surface area contributed by atoms with Gasteiger partial charge in [-0.2, -0.15) is 0 Å². The maximum Gasteiger partial charge on any atom is 0.227 e. The number of hydrogen-bond acceptors (Lipinski definition) is 3. The highest BCUT2D eigenvalue weighted by Gasteiger charge is 2.13. The number of benzene rings is 2. The Hall–Kier alpha value is -1.81. The Morgan fingerprint density at radius 3 is 2.62 bits per heavy atom. The van der Waals surface area contributed by atoms with Gasteiger partial charge in [-0.25, -0.2) is 4.98 Å². The molecule has 3 aromatic rings. The molecule has 124 valence electrons. The molecule has 5 heteroatoms. The van der Waals surface area contributed by atoms with Crippen molar-refractivity contribution in [2.24, 2.45) is 0 Å². The maximum absolute atomic E-state index is 6.20. The molecule has 24 heavy (non-hydrogen) atoms. The Morgan fingerprint density at radius 1 is 1.12 bits per heavy atom. The van der Waals surface area contributed by atoms with Crippen molar-refractivity contribution in [1.29, 1.82) is 0 Å². The first kappa shape index (κ1) is 17.0. The van der Waals surface area contributed by atoms with E-state index < -0.39 is 0 Å². The third-order valence-electron chi connectivity index (χ3n) is 3.85. The van der Waals surface area contributed by atoms with Crippen LogP contribution in [0.5, 0.6) is 0 Å². The van der Waals surface area contributed by atoms with E-state index in [1.807, 2.05) is 12.1 Å². The second-order valence-corrected chi connectivity index (χ2v) is 6.36. The SMILES string of the molecule is CCC(NCc1coc(-c2ccc(Cl)cc2Cl)n1)c1ccccc1. The molecular weight excluding hydrogens is 343 g/mol. The molecule has 1 N–H and O–H groups in total. The van der Waals surface area contributed by atoms with Crippen LogP contribution >= 0.6 is 23.2 Å². The molecule has 0 spiro atoms. The van der Waals surface area contributed by atoms with Crippen molar-refractivity contribution in [2.75, 3.05) is 0 Å². The maximum atomic E-state index is 6.20. The predicted octanol–water partition coefficient (Wildman–Crippen LogP) is 5.89. The molecule has 0 saturated carbocycles. The predicted molar refractivity (Wildman–Crippen MR) is 98.3 cm³/mol. The number of rotatable bonds is 6. The molecule has 1 unspecified atom stereocenters. The quantitative estimate of drug-likeness (QED) is 0.595. The summed E-state index contributed by atoms with van der Waals surface area (Å²) in [4.78, 5) is 4.51. The van der Waals surface area contributed by atoms with Crippen LogP contribution in [0.2, 0.25) is 10.0 Å². The van der Waals surface area contributed by atoms with E-state index in [0.29, 0.717) is 22.5 Å². The smallest absolute Gasteiger partial charge is 0.227 e. The second-order valence-electron chi connectivity index (χ2n) is 5.52. The average molecular weight is 361 g/mol. The highest BCUT2D eigenvalue weighted by molar-refractivity contribution is 6.36. The van der Waals surface area contributed by atoms with Gasteiger partial charge in [0.05, 0.1) is 16.3 Å². The van der Waals surface area contributed by atoms with Crippen LogP contribution in [-0.4, -0.2) is 4.98 Å². The summed E-state index contributed by atoms with van der Waals surface area (Å²) in [6, 6.07) is 15.9. The van der Waals surface area contributed by atoms with E-state index in [9.17, 15) is 0 Å². The minimum atomic E-state index is 0.283. The molecule has 1 heterocycles. The number of hydrogen-bond donors (Lipinski definition) is 1. The summed E-state index contributed by atoms with van der Waals surface area (Å²) < 4.78 is 5.56. The van der Waals surface area contributed by atoms with Crippen molar-refractivity contribution in [3.63, 3.8) is 0 Å². The summed E-state index contributed by atoms with van der Waals surface area (Å²) in [5.41, 5.74) is 2.84. The Morgan fingerprint density at radius 2 is 1.92 bits per heavy atom. The first-order chi connectivity index (χ1) is 11.7. The highest BCUT2D eigenvalue weighted by atomic mass is 35.5. The summed E-state index contributed by atoms with van der Waals surface area (Å²) in [5.74, 6) is 0.501. The van der Waals surface area contributed by atoms with Crippen LogP contribution in [0.25, 0.3) is 11.5 Å². The van der Waals surface area contributed by atoms with Gasteiger partial charge < -0.3 is 9.73 Å². The molecular formula is C19H18Cl2N2O. The van der Waals surface area contributed by atoms with Crippen LogP contribution in [0.1, 0.15) is 30.6 Å². The third kappa shape index (κ3) is 3.99. The Bertz CT molecular complexity index is 802. The van der Waals surface area contributed by atoms with Crippen molar-refractivity contribution < 1.29 is 4.42 Å². The summed E-state index contributed by atoms with van der Waals surface area (Å²) >= 11 is 12.1. The molecule has 2 aromatic carbocycles. The van der Waals surface area contributed by atoms with E-state index >= 15 is 0 Å². The van der Waals surface area contributed by atoms with Crippen LogP contribution < -0.4 is 5.32 Å². The normalized spacial score (nSPS) is 12.3. The van der Waals surface area contributed by atoms with Gasteiger partial charge in [0.1, 0.15) is 6.26 Å². The minimum absolute atomic E-state index is 0.283. The largest absolute Gasteiger partial charge is 0.444 e. The molecule has 3 rings (SSSR count). The lowest BCUT2D eigenvalue weighted by Gasteiger charge is -2.16. The molecule has 0 bridgehead atoms. The number of nitrogens with zero attached hydrogens (tertiary/aromatic N) is 1. The van der Waals surface area contributed by atoms with Crippen molar-refractivity contribution in [1.82, 2.24) is 10.3 Å². The van der Waals surface area contributed by atoms with Crippen LogP contribution in [0.4, 0.5) is 0 Å². The zero-order valence-electron chi connectivity index (χ0n) is 13.3. The van der Waals surface area contributed by atoms with E-state index in [0.717, 1.165) is 17.7 Å². The molecule has 1 aromatic heterocycles. The highest BCUT2D eigenvalue weighted by Crippen LogP contribution is 2.29. The van der Waals surface area contributed by atoms with E-state index in [-0.39, 0.29) is 6.04 Å². The second kappa shape index (κ2) is 7.84. The lowest BCUT2D eigenvalue weighted by molar-refractivity contribution is 0.511. The van der Waals surface area contributed by atoms with Gasteiger partial charge in [0.2, 0.25) is 5.89 Å². The molecule has 0 aliphatic carbocycles. The summed E-state index contributed by atoms with van der Waals surface area (Å²) in [6.45, 7) is 2.79. The Balaban J connectivity index is 1.70. The van der Waals surface area contributed by atoms with Crippen molar-refractivity contribution >= 4 is 23.2 Å². The lowest BCUT2D eigenvalue weighted by atomic mass is 10.0. The van der Waals surface area contributed by atoms with E-state index in [4.69, 9.17) is 27.6 Å². The summed E-state index contributed by atoms with van der Waals surface area (Å²) in [6.07, 6.45) is 2.66. The van der Waals surface area contributed by atoms with Gasteiger partial charge in [0, 0.05) is 17.6 Å². The first-order valence-corrected chi connectivity index (χ1v) is 8.61. The van der Waals surface area contributed by atoms with Crippen molar-refractivity contribution in [2.45, 2.75) is 25.9 Å². The lowest BCUT2D eigenvalue weighted by Crippen LogP contribution is -2.20. The zero-order chi connectivity index (χ0) is 16.9. The van der Waals surface area contributed by atoms with Crippen LogP contribution in [-0.2, 0) is 6.54 Å². The number of oxazole rings is 1. The number of aromatic nitrogens is 1. The Kier molecular flexibility index (Phi) is 5.56.